The number of amides is 1. The Labute approximate surface area is 188 Å². The third-order valence-electron chi connectivity index (χ3n) is 5.22. The number of anilines is 1. The number of sulfonamides is 1. The first kappa shape index (κ1) is 22.4. The molecule has 2 heterocycles. The van der Waals surface area contributed by atoms with Gasteiger partial charge < -0.3 is 5.32 Å². The van der Waals surface area contributed by atoms with Gasteiger partial charge in [0.1, 0.15) is 16.6 Å². The van der Waals surface area contributed by atoms with Crippen LogP contribution in [0.5, 0.6) is 0 Å². The minimum atomic E-state index is -3.77. The number of halogens is 2. The standard InChI is InChI=1S/C21H20F2N4O3S2/c1-12-5-8-18(13(2)10-12)32(29,30)27-9-3-4-17(27)20-25-26-21(31-20)19(28)24-16-7-6-14(22)11-15(16)23/h5-8,10-11,17H,3-4,9H2,1-2H3,(H,24,28). The zero-order valence-electron chi connectivity index (χ0n) is 17.3. The predicted molar refractivity (Wildman–Crippen MR) is 116 cm³/mol. The Hall–Kier alpha value is -2.76. The summed E-state index contributed by atoms with van der Waals surface area (Å²) in [6.07, 6.45) is 1.20. The lowest BCUT2D eigenvalue weighted by Crippen LogP contribution is -2.31. The number of hydrogen-bond acceptors (Lipinski definition) is 6. The first-order chi connectivity index (χ1) is 15.2. The van der Waals surface area contributed by atoms with Crippen LogP contribution in [0.1, 0.15) is 44.8 Å². The molecule has 1 unspecified atom stereocenters. The van der Waals surface area contributed by atoms with E-state index in [1.807, 2.05) is 13.0 Å². The average molecular weight is 479 g/mol. The molecule has 0 spiro atoms. The van der Waals surface area contributed by atoms with Gasteiger partial charge in [0.15, 0.2) is 0 Å². The highest BCUT2D eigenvalue weighted by Gasteiger charge is 2.39. The molecule has 1 aliphatic rings. The third-order valence-corrected chi connectivity index (χ3v) is 8.31. The lowest BCUT2D eigenvalue weighted by Gasteiger charge is -2.23. The van der Waals surface area contributed by atoms with E-state index in [-0.39, 0.29) is 15.6 Å². The fourth-order valence-electron chi connectivity index (χ4n) is 3.72. The van der Waals surface area contributed by atoms with Gasteiger partial charge >= 0.3 is 0 Å². The smallest absolute Gasteiger partial charge is 0.286 e. The topological polar surface area (TPSA) is 92.3 Å². The molecule has 0 radical (unpaired) electrons. The predicted octanol–water partition coefficient (Wildman–Crippen LogP) is 4.21. The minimum Gasteiger partial charge on any atom is -0.317 e. The molecule has 2 aromatic carbocycles. The van der Waals surface area contributed by atoms with Gasteiger partial charge in [-0.3, -0.25) is 4.79 Å². The molecule has 3 aromatic rings. The van der Waals surface area contributed by atoms with Crippen molar-refractivity contribution in [1.82, 2.24) is 14.5 Å². The van der Waals surface area contributed by atoms with Crippen LogP contribution in [0.2, 0.25) is 0 Å². The highest BCUT2D eigenvalue weighted by atomic mass is 32.2. The van der Waals surface area contributed by atoms with Crippen molar-refractivity contribution in [1.29, 1.82) is 0 Å². The third kappa shape index (κ3) is 4.27. The summed E-state index contributed by atoms with van der Waals surface area (Å²) in [5, 5.41) is 10.6. The van der Waals surface area contributed by atoms with Crippen molar-refractivity contribution in [2.75, 3.05) is 11.9 Å². The van der Waals surface area contributed by atoms with Crippen LogP contribution in [0.25, 0.3) is 0 Å². The molecule has 1 saturated heterocycles. The van der Waals surface area contributed by atoms with Gasteiger partial charge in [-0.05, 0) is 50.5 Å². The number of carbonyl (C=O) groups is 1. The van der Waals surface area contributed by atoms with E-state index in [2.05, 4.69) is 15.5 Å². The second-order valence-corrected chi connectivity index (χ2v) is 10.4. The van der Waals surface area contributed by atoms with E-state index in [0.717, 1.165) is 29.0 Å². The molecule has 1 aliphatic heterocycles. The molecule has 11 heteroatoms. The van der Waals surface area contributed by atoms with Gasteiger partial charge in [0, 0.05) is 12.6 Å². The number of nitrogens with zero attached hydrogens (tertiary/aromatic N) is 3. The summed E-state index contributed by atoms with van der Waals surface area (Å²) in [5.74, 6) is -2.38. The largest absolute Gasteiger partial charge is 0.317 e. The molecule has 1 fully saturated rings. The van der Waals surface area contributed by atoms with E-state index >= 15 is 0 Å². The van der Waals surface area contributed by atoms with Crippen LogP contribution in [-0.4, -0.2) is 35.4 Å². The van der Waals surface area contributed by atoms with E-state index in [1.54, 1.807) is 19.1 Å². The number of hydrogen-bond donors (Lipinski definition) is 1. The molecule has 168 valence electrons. The maximum Gasteiger partial charge on any atom is 0.286 e. The summed E-state index contributed by atoms with van der Waals surface area (Å²) in [7, 11) is -3.77. The van der Waals surface area contributed by atoms with E-state index < -0.39 is 33.6 Å². The molecule has 0 aliphatic carbocycles. The van der Waals surface area contributed by atoms with Gasteiger partial charge in [0.25, 0.3) is 5.91 Å². The fraction of sp³-hybridized carbons (Fsp3) is 0.286. The maximum atomic E-state index is 13.8. The van der Waals surface area contributed by atoms with Gasteiger partial charge in [-0.2, -0.15) is 4.31 Å². The highest BCUT2D eigenvalue weighted by molar-refractivity contribution is 7.89. The minimum absolute atomic E-state index is 0.0421. The number of benzene rings is 2. The van der Waals surface area contributed by atoms with Crippen LogP contribution in [0, 0.1) is 25.5 Å². The monoisotopic (exact) mass is 478 g/mol. The highest BCUT2D eigenvalue weighted by Crippen LogP contribution is 2.38. The van der Waals surface area contributed by atoms with Gasteiger partial charge in [0.2, 0.25) is 15.0 Å². The van der Waals surface area contributed by atoms with Gasteiger partial charge in [0.05, 0.1) is 16.6 Å². The Kier molecular flexibility index (Phi) is 6.06. The molecular weight excluding hydrogens is 458 g/mol. The van der Waals surface area contributed by atoms with Crippen molar-refractivity contribution >= 4 is 33.0 Å². The van der Waals surface area contributed by atoms with Crippen molar-refractivity contribution in [2.24, 2.45) is 0 Å². The summed E-state index contributed by atoms with van der Waals surface area (Å²) < 4.78 is 54.9. The maximum absolute atomic E-state index is 13.8. The van der Waals surface area contributed by atoms with Crippen LogP contribution < -0.4 is 5.32 Å². The lowest BCUT2D eigenvalue weighted by atomic mass is 10.2. The number of aryl methyl sites for hydroxylation is 2. The Morgan fingerprint density at radius 3 is 2.66 bits per heavy atom. The van der Waals surface area contributed by atoms with E-state index in [1.165, 1.54) is 4.31 Å². The summed E-state index contributed by atoms with van der Waals surface area (Å²) >= 11 is 0.951. The molecule has 1 N–H and O–H groups in total. The molecule has 0 bridgehead atoms. The Bertz CT molecular complexity index is 1290. The molecule has 1 aromatic heterocycles. The molecule has 4 rings (SSSR count). The second kappa shape index (κ2) is 8.64. The van der Waals surface area contributed by atoms with Crippen molar-refractivity contribution in [3.05, 3.63) is 69.2 Å². The van der Waals surface area contributed by atoms with Gasteiger partial charge in [-0.15, -0.1) is 10.2 Å². The Morgan fingerprint density at radius 2 is 1.94 bits per heavy atom. The van der Waals surface area contributed by atoms with Crippen molar-refractivity contribution in [2.45, 2.75) is 37.6 Å². The number of nitrogens with one attached hydrogen (secondary N) is 1. The van der Waals surface area contributed by atoms with Crippen molar-refractivity contribution in [3.8, 4) is 0 Å². The molecule has 1 amide bonds. The first-order valence-electron chi connectivity index (χ1n) is 9.85. The SMILES string of the molecule is Cc1ccc(S(=O)(=O)N2CCCC2c2nnc(C(=O)Nc3ccc(F)cc3F)s2)c(C)c1. The second-order valence-electron chi connectivity index (χ2n) is 7.57. The Balaban J connectivity index is 1.57. The first-order valence-corrected chi connectivity index (χ1v) is 12.1. The number of aromatic nitrogens is 2. The number of rotatable bonds is 5. The fourth-order valence-corrected chi connectivity index (χ4v) is 6.54. The Morgan fingerprint density at radius 1 is 1.16 bits per heavy atom. The number of carbonyl (C=O) groups excluding carboxylic acids is 1. The van der Waals surface area contributed by atoms with Crippen LogP contribution >= 0.6 is 11.3 Å². The van der Waals surface area contributed by atoms with Gasteiger partial charge in [-0.1, -0.05) is 29.0 Å². The van der Waals surface area contributed by atoms with E-state index in [0.29, 0.717) is 36.0 Å². The van der Waals surface area contributed by atoms with Gasteiger partial charge in [-0.25, -0.2) is 17.2 Å². The molecule has 32 heavy (non-hydrogen) atoms. The summed E-state index contributed by atoms with van der Waals surface area (Å²) in [6.45, 7) is 3.99. The van der Waals surface area contributed by atoms with Crippen molar-refractivity contribution in [3.63, 3.8) is 0 Å². The van der Waals surface area contributed by atoms with Crippen LogP contribution in [0.15, 0.2) is 41.3 Å². The molecule has 7 nitrogen and oxygen atoms in total. The van der Waals surface area contributed by atoms with Crippen molar-refractivity contribution < 1.29 is 22.0 Å². The zero-order valence-corrected chi connectivity index (χ0v) is 18.9. The van der Waals surface area contributed by atoms with E-state index in [4.69, 9.17) is 0 Å². The zero-order chi connectivity index (χ0) is 23.0. The normalized spacial score (nSPS) is 16.9. The lowest BCUT2D eigenvalue weighted by molar-refractivity contribution is 0.102. The molecule has 1 atom stereocenters. The molecular formula is C21H20F2N4O3S2. The quantitative estimate of drug-likeness (QED) is 0.593. The average Bonchev–Trinajstić information content (AvgIpc) is 3.39. The van der Waals surface area contributed by atoms with Crippen LogP contribution in [-0.2, 0) is 10.0 Å². The summed E-state index contributed by atoms with van der Waals surface area (Å²) in [6, 6.07) is 7.44. The van der Waals surface area contributed by atoms with Crippen LogP contribution in [0.3, 0.4) is 0 Å². The van der Waals surface area contributed by atoms with E-state index in [9.17, 15) is 22.0 Å². The van der Waals surface area contributed by atoms with Crippen LogP contribution in [0.4, 0.5) is 14.5 Å². The summed E-state index contributed by atoms with van der Waals surface area (Å²) in [5.41, 5.74) is 1.44. The summed E-state index contributed by atoms with van der Waals surface area (Å²) in [4.78, 5) is 12.7. The molecule has 0 saturated carbocycles.